The van der Waals surface area contributed by atoms with Gasteiger partial charge in [-0.3, -0.25) is 4.79 Å². The zero-order chi connectivity index (χ0) is 15.8. The number of nitrogens with zero attached hydrogens (tertiary/aromatic N) is 1. The number of benzene rings is 1. The lowest BCUT2D eigenvalue weighted by molar-refractivity contribution is 0.0721. The Bertz CT molecular complexity index is 661. The van der Waals surface area contributed by atoms with Gasteiger partial charge in [0, 0.05) is 36.5 Å². The molecule has 0 spiro atoms. The second kappa shape index (κ2) is 5.64. The van der Waals surface area contributed by atoms with E-state index in [-0.39, 0.29) is 17.2 Å². The molecule has 2 atom stereocenters. The molecular formula is C15H20N2O4S. The van der Waals surface area contributed by atoms with Crippen molar-refractivity contribution in [1.29, 1.82) is 0 Å². The highest BCUT2D eigenvalue weighted by Crippen LogP contribution is 2.41. The number of likely N-dealkylation sites (tertiary alicyclic amines) is 1. The average molecular weight is 324 g/mol. The van der Waals surface area contributed by atoms with Gasteiger partial charge in [0.1, 0.15) is 0 Å². The third kappa shape index (κ3) is 3.02. The van der Waals surface area contributed by atoms with Gasteiger partial charge < -0.3 is 9.64 Å². The van der Waals surface area contributed by atoms with Crippen LogP contribution in [0.5, 0.6) is 0 Å². The summed E-state index contributed by atoms with van der Waals surface area (Å²) in [5.41, 5.74) is 0.350. The maximum Gasteiger partial charge on any atom is 0.253 e. The first-order chi connectivity index (χ1) is 10.4. The first-order valence-electron chi connectivity index (χ1n) is 7.26. The quantitative estimate of drug-likeness (QED) is 0.866. The smallest absolute Gasteiger partial charge is 0.253 e. The zero-order valence-corrected chi connectivity index (χ0v) is 13.3. The number of hydrogen-bond acceptors (Lipinski definition) is 4. The molecule has 1 aromatic carbocycles. The van der Waals surface area contributed by atoms with Crippen molar-refractivity contribution in [2.75, 3.05) is 39.1 Å². The number of fused-ring (bicyclic) bond motifs is 1. The van der Waals surface area contributed by atoms with E-state index in [2.05, 4.69) is 4.72 Å². The Kier molecular flexibility index (Phi) is 3.96. The van der Waals surface area contributed by atoms with E-state index in [0.29, 0.717) is 38.4 Å². The first-order valence-corrected chi connectivity index (χ1v) is 9.15. The normalized spacial score (nSPS) is 27.9. The lowest BCUT2D eigenvalue weighted by Gasteiger charge is -2.27. The zero-order valence-electron chi connectivity index (χ0n) is 12.5. The molecule has 0 bridgehead atoms. The molecule has 3 rings (SSSR count). The number of rotatable bonds is 4. The van der Waals surface area contributed by atoms with Crippen LogP contribution < -0.4 is 4.72 Å². The molecule has 0 unspecified atom stereocenters. The van der Waals surface area contributed by atoms with Crippen LogP contribution >= 0.6 is 0 Å². The fraction of sp³-hybridized carbons (Fsp3) is 0.533. The Morgan fingerprint density at radius 3 is 2.82 bits per heavy atom. The number of amides is 1. The molecule has 120 valence electrons. The summed E-state index contributed by atoms with van der Waals surface area (Å²) in [7, 11) is -3.25. The van der Waals surface area contributed by atoms with Crippen molar-refractivity contribution in [3.8, 4) is 0 Å². The summed E-state index contributed by atoms with van der Waals surface area (Å²) in [5, 5.41) is 0. The summed E-state index contributed by atoms with van der Waals surface area (Å²) in [6.07, 6.45) is 1.15. The Labute approximate surface area is 130 Å². The van der Waals surface area contributed by atoms with Gasteiger partial charge in [0.15, 0.2) is 0 Å². The summed E-state index contributed by atoms with van der Waals surface area (Å²) in [6.45, 7) is 2.50. The highest BCUT2D eigenvalue weighted by molar-refractivity contribution is 7.88. The molecule has 2 aliphatic heterocycles. The Balaban J connectivity index is 1.75. The minimum absolute atomic E-state index is 0.00580. The molecule has 2 aliphatic rings. The summed E-state index contributed by atoms with van der Waals surface area (Å²) in [5.74, 6) is 0.170. The fourth-order valence-electron chi connectivity index (χ4n) is 3.27. The number of carbonyl (C=O) groups is 1. The van der Waals surface area contributed by atoms with Gasteiger partial charge >= 0.3 is 0 Å². The fourth-order valence-corrected chi connectivity index (χ4v) is 3.82. The molecular weight excluding hydrogens is 304 g/mol. The molecule has 0 aliphatic carbocycles. The van der Waals surface area contributed by atoms with Crippen molar-refractivity contribution < 1.29 is 17.9 Å². The van der Waals surface area contributed by atoms with Crippen LogP contribution in [-0.4, -0.2) is 58.3 Å². The predicted molar refractivity (Wildman–Crippen MR) is 81.9 cm³/mol. The van der Waals surface area contributed by atoms with E-state index in [4.69, 9.17) is 4.74 Å². The van der Waals surface area contributed by atoms with Crippen LogP contribution in [0, 0.1) is 11.3 Å². The molecule has 0 saturated carbocycles. The van der Waals surface area contributed by atoms with Crippen molar-refractivity contribution in [3.63, 3.8) is 0 Å². The van der Waals surface area contributed by atoms with Crippen molar-refractivity contribution in [1.82, 2.24) is 9.62 Å². The summed E-state index contributed by atoms with van der Waals surface area (Å²) in [4.78, 5) is 14.4. The average Bonchev–Trinajstić information content (AvgIpc) is 3.02. The van der Waals surface area contributed by atoms with E-state index in [9.17, 15) is 13.2 Å². The van der Waals surface area contributed by atoms with Gasteiger partial charge in [0.2, 0.25) is 10.0 Å². The van der Waals surface area contributed by atoms with E-state index in [1.807, 2.05) is 23.1 Å². The molecule has 7 heteroatoms. The van der Waals surface area contributed by atoms with Crippen LogP contribution in [0.2, 0.25) is 0 Å². The monoisotopic (exact) mass is 324 g/mol. The topological polar surface area (TPSA) is 75.7 Å². The molecule has 1 N–H and O–H groups in total. The molecule has 22 heavy (non-hydrogen) atoms. The SMILES string of the molecule is CS(=O)(=O)NC[C@]12COC[C@H]1CN(C(=O)c1ccccc1)C2. The van der Waals surface area contributed by atoms with E-state index in [1.54, 1.807) is 12.1 Å². The predicted octanol–water partition coefficient (Wildman–Crippen LogP) is 0.324. The van der Waals surface area contributed by atoms with Gasteiger partial charge in [0.25, 0.3) is 5.91 Å². The third-order valence-electron chi connectivity index (χ3n) is 4.52. The van der Waals surface area contributed by atoms with E-state index in [0.717, 1.165) is 6.26 Å². The van der Waals surface area contributed by atoms with Crippen LogP contribution in [-0.2, 0) is 14.8 Å². The number of hydrogen-bond donors (Lipinski definition) is 1. The largest absolute Gasteiger partial charge is 0.380 e. The highest BCUT2D eigenvalue weighted by atomic mass is 32.2. The van der Waals surface area contributed by atoms with Crippen LogP contribution in [0.25, 0.3) is 0 Å². The van der Waals surface area contributed by atoms with Crippen LogP contribution in [0.3, 0.4) is 0 Å². The molecule has 2 saturated heterocycles. The Morgan fingerprint density at radius 2 is 2.14 bits per heavy atom. The number of ether oxygens (including phenoxy) is 1. The maximum atomic E-state index is 12.6. The lowest BCUT2D eigenvalue weighted by Crippen LogP contribution is -2.43. The van der Waals surface area contributed by atoms with Crippen LogP contribution in [0.1, 0.15) is 10.4 Å². The minimum atomic E-state index is -3.25. The summed E-state index contributed by atoms with van der Waals surface area (Å²) in [6, 6.07) is 9.16. The van der Waals surface area contributed by atoms with Crippen molar-refractivity contribution in [2.24, 2.45) is 11.3 Å². The molecule has 0 radical (unpaired) electrons. The van der Waals surface area contributed by atoms with Crippen LogP contribution in [0.4, 0.5) is 0 Å². The second-order valence-corrected chi connectivity index (χ2v) is 8.05. The molecule has 1 amide bonds. The van der Waals surface area contributed by atoms with Crippen molar-refractivity contribution in [3.05, 3.63) is 35.9 Å². The second-order valence-electron chi connectivity index (χ2n) is 6.22. The van der Waals surface area contributed by atoms with Crippen molar-refractivity contribution in [2.45, 2.75) is 0 Å². The molecule has 6 nitrogen and oxygen atoms in total. The summed E-state index contributed by atoms with van der Waals surface area (Å²) >= 11 is 0. The maximum absolute atomic E-state index is 12.6. The van der Waals surface area contributed by atoms with E-state index >= 15 is 0 Å². The van der Waals surface area contributed by atoms with Gasteiger partial charge in [-0.05, 0) is 12.1 Å². The van der Waals surface area contributed by atoms with Gasteiger partial charge in [-0.1, -0.05) is 18.2 Å². The number of sulfonamides is 1. The number of carbonyl (C=O) groups excluding carboxylic acids is 1. The molecule has 2 fully saturated rings. The summed E-state index contributed by atoms with van der Waals surface area (Å²) < 4.78 is 30.9. The molecule has 1 aromatic rings. The van der Waals surface area contributed by atoms with Gasteiger partial charge in [-0.25, -0.2) is 13.1 Å². The highest BCUT2D eigenvalue weighted by Gasteiger charge is 2.51. The third-order valence-corrected chi connectivity index (χ3v) is 5.18. The van der Waals surface area contributed by atoms with E-state index < -0.39 is 10.0 Å². The van der Waals surface area contributed by atoms with E-state index in [1.165, 1.54) is 0 Å². The van der Waals surface area contributed by atoms with Crippen LogP contribution in [0.15, 0.2) is 30.3 Å². The van der Waals surface area contributed by atoms with Gasteiger partial charge in [0.05, 0.1) is 19.5 Å². The number of nitrogens with one attached hydrogen (secondary N) is 1. The molecule has 2 heterocycles. The standard InChI is InChI=1S/C15H20N2O4S/c1-22(19,20)16-9-15-10-17(7-13(15)8-21-11-15)14(18)12-5-3-2-4-6-12/h2-6,13,16H,7-11H2,1H3/t13-,15+/m1/s1. The van der Waals surface area contributed by atoms with Gasteiger partial charge in [-0.2, -0.15) is 0 Å². The first kappa shape index (κ1) is 15.5. The van der Waals surface area contributed by atoms with Gasteiger partial charge in [-0.15, -0.1) is 0 Å². The minimum Gasteiger partial charge on any atom is -0.380 e. The lowest BCUT2D eigenvalue weighted by atomic mass is 9.81. The Hall–Kier alpha value is -1.44. The molecule has 0 aromatic heterocycles. The van der Waals surface area contributed by atoms with Crippen molar-refractivity contribution >= 4 is 15.9 Å². The Morgan fingerprint density at radius 1 is 1.41 bits per heavy atom.